The van der Waals surface area contributed by atoms with Crippen molar-refractivity contribution in [3.05, 3.63) is 83.8 Å². The molecule has 4 aromatic heterocycles. The molecular formula is C23H23N7O. The molecule has 8 heteroatoms. The molecule has 0 unspecified atom stereocenters. The van der Waals surface area contributed by atoms with Crippen molar-refractivity contribution in [2.24, 2.45) is 0 Å². The molecule has 0 saturated carbocycles. The summed E-state index contributed by atoms with van der Waals surface area (Å²) in [5, 5.41) is 7.37. The van der Waals surface area contributed by atoms with Crippen molar-refractivity contribution in [1.82, 2.24) is 35.0 Å². The first-order valence-corrected chi connectivity index (χ1v) is 10.0. The van der Waals surface area contributed by atoms with Gasteiger partial charge in [-0.1, -0.05) is 6.07 Å². The maximum absolute atomic E-state index is 12.8. The minimum absolute atomic E-state index is 0.0743. The molecule has 1 amide bonds. The lowest BCUT2D eigenvalue weighted by Gasteiger charge is -2.13. The summed E-state index contributed by atoms with van der Waals surface area (Å²) in [4.78, 5) is 30.4. The van der Waals surface area contributed by atoms with E-state index in [1.165, 1.54) is 0 Å². The van der Waals surface area contributed by atoms with Gasteiger partial charge in [-0.25, -0.2) is 14.6 Å². The Bertz CT molecular complexity index is 1200. The van der Waals surface area contributed by atoms with Crippen molar-refractivity contribution in [3.63, 3.8) is 0 Å². The zero-order valence-electron chi connectivity index (χ0n) is 17.6. The van der Waals surface area contributed by atoms with E-state index in [1.54, 1.807) is 29.5 Å². The average Bonchev–Trinajstić information content (AvgIpc) is 3.16. The summed E-state index contributed by atoms with van der Waals surface area (Å²) < 4.78 is 1.57. The highest BCUT2D eigenvalue weighted by Gasteiger charge is 2.18. The molecule has 31 heavy (non-hydrogen) atoms. The fourth-order valence-electron chi connectivity index (χ4n) is 3.34. The molecule has 0 fully saturated rings. The van der Waals surface area contributed by atoms with Crippen LogP contribution in [0.1, 0.15) is 34.4 Å². The van der Waals surface area contributed by atoms with Crippen LogP contribution >= 0.6 is 0 Å². The highest BCUT2D eigenvalue weighted by atomic mass is 16.1. The first-order chi connectivity index (χ1) is 15.0. The topological polar surface area (TPSA) is 98.5 Å². The second kappa shape index (κ2) is 8.83. The molecule has 156 valence electrons. The average molecular weight is 413 g/mol. The van der Waals surface area contributed by atoms with Gasteiger partial charge < -0.3 is 5.32 Å². The first-order valence-electron chi connectivity index (χ1n) is 10.0. The van der Waals surface area contributed by atoms with Crippen LogP contribution in [0.3, 0.4) is 0 Å². The Labute approximate surface area is 180 Å². The Morgan fingerprint density at radius 2 is 1.94 bits per heavy atom. The summed E-state index contributed by atoms with van der Waals surface area (Å²) in [6, 6.07) is 11.4. The number of hydrogen-bond acceptors (Lipinski definition) is 6. The molecule has 0 bridgehead atoms. The standard InChI is InChI=1S/C23H23N7O/c1-15-6-4-8-19(27-15)12-16(2)28-22(31)20-14-26-30(17(20)3)23-25-11-9-21(29-23)18-7-5-10-24-13-18/h4-11,13-14,16H,12H2,1-3H3,(H,28,31)/t16-/m0/s1. The second-order valence-electron chi connectivity index (χ2n) is 7.39. The summed E-state index contributed by atoms with van der Waals surface area (Å²) in [6.45, 7) is 5.74. The largest absolute Gasteiger partial charge is 0.349 e. The SMILES string of the molecule is Cc1cccc(C[C@H](C)NC(=O)c2cnn(-c3nccc(-c4cccnc4)n3)c2C)n1. The van der Waals surface area contributed by atoms with E-state index in [-0.39, 0.29) is 11.9 Å². The van der Waals surface area contributed by atoms with Crippen LogP contribution in [0.2, 0.25) is 0 Å². The number of carbonyl (C=O) groups is 1. The van der Waals surface area contributed by atoms with E-state index in [0.717, 1.165) is 22.6 Å². The van der Waals surface area contributed by atoms with Crippen molar-refractivity contribution in [1.29, 1.82) is 0 Å². The summed E-state index contributed by atoms with van der Waals surface area (Å²) >= 11 is 0. The van der Waals surface area contributed by atoms with Gasteiger partial charge in [0.25, 0.3) is 11.9 Å². The number of hydrogen-bond donors (Lipinski definition) is 1. The zero-order chi connectivity index (χ0) is 21.8. The van der Waals surface area contributed by atoms with Crippen molar-refractivity contribution in [2.45, 2.75) is 33.2 Å². The molecule has 0 aliphatic heterocycles. The van der Waals surface area contributed by atoms with Crippen LogP contribution < -0.4 is 5.32 Å². The number of nitrogens with one attached hydrogen (secondary N) is 1. The van der Waals surface area contributed by atoms with Crippen LogP contribution in [0.5, 0.6) is 0 Å². The maximum Gasteiger partial charge on any atom is 0.254 e. The quantitative estimate of drug-likeness (QED) is 0.522. The van der Waals surface area contributed by atoms with Gasteiger partial charge in [-0.3, -0.25) is 14.8 Å². The van der Waals surface area contributed by atoms with Crippen molar-refractivity contribution in [2.75, 3.05) is 0 Å². The number of aryl methyl sites for hydroxylation is 1. The van der Waals surface area contributed by atoms with Crippen molar-refractivity contribution in [3.8, 4) is 17.2 Å². The van der Waals surface area contributed by atoms with E-state index in [0.29, 0.717) is 23.6 Å². The lowest BCUT2D eigenvalue weighted by Crippen LogP contribution is -2.34. The Kier molecular flexibility index (Phi) is 5.79. The fourth-order valence-corrected chi connectivity index (χ4v) is 3.34. The molecule has 0 spiro atoms. The van der Waals surface area contributed by atoms with Gasteiger partial charge in [0, 0.05) is 48.0 Å². The molecular weight excluding hydrogens is 390 g/mol. The monoisotopic (exact) mass is 413 g/mol. The molecule has 1 atom stereocenters. The second-order valence-corrected chi connectivity index (χ2v) is 7.39. The van der Waals surface area contributed by atoms with Gasteiger partial charge in [-0.15, -0.1) is 0 Å². The van der Waals surface area contributed by atoms with Gasteiger partial charge in [0.2, 0.25) is 0 Å². The smallest absolute Gasteiger partial charge is 0.254 e. The lowest BCUT2D eigenvalue weighted by atomic mass is 10.1. The first kappa shape index (κ1) is 20.3. The molecule has 0 aromatic carbocycles. The van der Waals surface area contributed by atoms with Gasteiger partial charge in [0.1, 0.15) is 0 Å². The molecule has 4 aromatic rings. The lowest BCUT2D eigenvalue weighted by molar-refractivity contribution is 0.0939. The van der Waals surface area contributed by atoms with Gasteiger partial charge >= 0.3 is 0 Å². The van der Waals surface area contributed by atoms with E-state index in [4.69, 9.17) is 0 Å². The third-order valence-corrected chi connectivity index (χ3v) is 4.88. The summed E-state index contributed by atoms with van der Waals surface area (Å²) in [7, 11) is 0. The summed E-state index contributed by atoms with van der Waals surface area (Å²) in [5.41, 5.74) is 4.68. The molecule has 0 radical (unpaired) electrons. The van der Waals surface area contributed by atoms with Gasteiger partial charge in [-0.2, -0.15) is 5.10 Å². The van der Waals surface area contributed by atoms with Crippen LogP contribution in [0, 0.1) is 13.8 Å². The van der Waals surface area contributed by atoms with Crippen molar-refractivity contribution >= 4 is 5.91 Å². The van der Waals surface area contributed by atoms with E-state index in [1.807, 2.05) is 57.2 Å². The molecule has 0 aliphatic carbocycles. The Morgan fingerprint density at radius 3 is 2.71 bits per heavy atom. The normalized spacial score (nSPS) is 11.8. The predicted octanol–water partition coefficient (Wildman–Crippen LogP) is 3.10. The van der Waals surface area contributed by atoms with Crippen LogP contribution in [0.4, 0.5) is 0 Å². The van der Waals surface area contributed by atoms with Crippen LogP contribution in [0.15, 0.2) is 61.2 Å². The molecule has 0 aliphatic rings. The molecule has 1 N–H and O–H groups in total. The minimum Gasteiger partial charge on any atom is -0.349 e. The Balaban J connectivity index is 1.51. The van der Waals surface area contributed by atoms with E-state index in [9.17, 15) is 4.79 Å². The number of nitrogens with zero attached hydrogens (tertiary/aromatic N) is 6. The van der Waals surface area contributed by atoms with Crippen LogP contribution in [0.25, 0.3) is 17.2 Å². The predicted molar refractivity (Wildman–Crippen MR) is 117 cm³/mol. The van der Waals surface area contributed by atoms with Crippen molar-refractivity contribution < 1.29 is 4.79 Å². The van der Waals surface area contributed by atoms with Crippen LogP contribution in [-0.4, -0.2) is 41.7 Å². The molecule has 4 rings (SSSR count). The number of amides is 1. The maximum atomic E-state index is 12.8. The minimum atomic E-state index is -0.188. The van der Waals surface area contributed by atoms with E-state index >= 15 is 0 Å². The highest BCUT2D eigenvalue weighted by molar-refractivity contribution is 5.95. The third kappa shape index (κ3) is 4.63. The molecule has 8 nitrogen and oxygen atoms in total. The fraction of sp³-hybridized carbons (Fsp3) is 0.217. The number of aromatic nitrogens is 6. The van der Waals surface area contributed by atoms with Gasteiger partial charge in [-0.05, 0) is 51.1 Å². The van der Waals surface area contributed by atoms with E-state index in [2.05, 4.69) is 30.4 Å². The summed E-state index contributed by atoms with van der Waals surface area (Å²) in [6.07, 6.45) is 7.32. The molecule has 0 saturated heterocycles. The summed E-state index contributed by atoms with van der Waals surface area (Å²) in [5.74, 6) is 0.210. The highest BCUT2D eigenvalue weighted by Crippen LogP contribution is 2.17. The van der Waals surface area contributed by atoms with Gasteiger partial charge in [0.05, 0.1) is 23.1 Å². The third-order valence-electron chi connectivity index (χ3n) is 4.88. The number of pyridine rings is 2. The van der Waals surface area contributed by atoms with Crippen LogP contribution in [-0.2, 0) is 6.42 Å². The Morgan fingerprint density at radius 1 is 1.06 bits per heavy atom. The number of carbonyl (C=O) groups excluding carboxylic acids is 1. The number of rotatable bonds is 6. The Hall–Kier alpha value is -3.94. The van der Waals surface area contributed by atoms with Gasteiger partial charge in [0.15, 0.2) is 0 Å². The zero-order valence-corrected chi connectivity index (χ0v) is 17.6. The molecule has 4 heterocycles. The van der Waals surface area contributed by atoms with E-state index < -0.39 is 0 Å².